The average Bonchev–Trinajstić information content (AvgIpc) is 2.35. The smallest absolute Gasteiger partial charge is 0.287 e. The van der Waals surface area contributed by atoms with Crippen molar-refractivity contribution >= 4 is 20.7 Å². The molecule has 1 aromatic heterocycles. The summed E-state index contributed by atoms with van der Waals surface area (Å²) in [4.78, 5) is 10.2. The van der Waals surface area contributed by atoms with E-state index in [4.69, 9.17) is 4.42 Å². The van der Waals surface area contributed by atoms with Gasteiger partial charge in [0.15, 0.2) is 0 Å². The van der Waals surface area contributed by atoms with Gasteiger partial charge >= 0.3 is 0 Å². The van der Waals surface area contributed by atoms with Crippen molar-refractivity contribution in [2.45, 2.75) is 13.3 Å². The molecule has 3 nitrogen and oxygen atoms in total. The lowest BCUT2D eigenvalue weighted by molar-refractivity contribution is 0.261. The van der Waals surface area contributed by atoms with E-state index in [9.17, 15) is 4.79 Å². The largest absolute Gasteiger partial charge is 0.466 e. The quantitative estimate of drug-likeness (QED) is 0.641. The molecular formula is C8H10BrNO2. The van der Waals surface area contributed by atoms with E-state index in [2.05, 4.69) is 21.2 Å². The van der Waals surface area contributed by atoms with Gasteiger partial charge in [0.1, 0.15) is 11.5 Å². The lowest BCUT2D eigenvalue weighted by atomic mass is 10.3. The Morgan fingerprint density at radius 2 is 2.42 bits per heavy atom. The fourth-order valence-electron chi connectivity index (χ4n) is 0.903. The Kier molecular flexibility index (Phi) is 3.34. The van der Waals surface area contributed by atoms with E-state index >= 15 is 0 Å². The summed E-state index contributed by atoms with van der Waals surface area (Å²) in [7, 11) is 0. The van der Waals surface area contributed by atoms with Crippen LogP contribution < -0.4 is 5.32 Å². The summed E-state index contributed by atoms with van der Waals surface area (Å²) in [6.07, 6.45) is 0.727. The fourth-order valence-corrected chi connectivity index (χ4v) is 1.10. The molecule has 0 unspecified atom stereocenters. The SMILES string of the molecule is Cc1ccc(CCNC(=O)Br)o1. The monoisotopic (exact) mass is 231 g/mol. The van der Waals surface area contributed by atoms with Gasteiger partial charge in [-0.3, -0.25) is 4.79 Å². The normalized spacial score (nSPS) is 9.83. The minimum atomic E-state index is -0.189. The van der Waals surface area contributed by atoms with E-state index in [1.807, 2.05) is 19.1 Å². The second-order valence-corrected chi connectivity index (χ2v) is 3.18. The molecule has 4 heteroatoms. The number of furan rings is 1. The van der Waals surface area contributed by atoms with Crippen LogP contribution in [0.3, 0.4) is 0 Å². The molecule has 0 atom stereocenters. The molecule has 0 aliphatic carbocycles. The third-order valence-corrected chi connectivity index (χ3v) is 1.71. The van der Waals surface area contributed by atoms with Gasteiger partial charge in [-0.25, -0.2) is 0 Å². The van der Waals surface area contributed by atoms with E-state index in [0.29, 0.717) is 6.54 Å². The second kappa shape index (κ2) is 4.30. The molecule has 0 saturated heterocycles. The number of hydrogen-bond donors (Lipinski definition) is 1. The van der Waals surface area contributed by atoms with E-state index in [-0.39, 0.29) is 4.82 Å². The molecule has 1 rings (SSSR count). The maximum absolute atomic E-state index is 10.4. The molecule has 0 aliphatic heterocycles. The highest BCUT2D eigenvalue weighted by Gasteiger charge is 1.98. The van der Waals surface area contributed by atoms with Crippen LogP contribution in [0.25, 0.3) is 0 Å². The highest BCUT2D eigenvalue weighted by molar-refractivity contribution is 9.18. The van der Waals surface area contributed by atoms with Crippen LogP contribution in [0.2, 0.25) is 0 Å². The van der Waals surface area contributed by atoms with E-state index < -0.39 is 0 Å². The minimum Gasteiger partial charge on any atom is -0.466 e. The topological polar surface area (TPSA) is 42.2 Å². The van der Waals surface area contributed by atoms with Crippen LogP contribution in [0.5, 0.6) is 0 Å². The maximum Gasteiger partial charge on any atom is 0.287 e. The van der Waals surface area contributed by atoms with Crippen molar-refractivity contribution in [3.8, 4) is 0 Å². The molecule has 1 amide bonds. The van der Waals surface area contributed by atoms with E-state index in [0.717, 1.165) is 17.9 Å². The predicted octanol–water partition coefficient (Wildman–Crippen LogP) is 2.24. The van der Waals surface area contributed by atoms with Crippen LogP contribution in [0.4, 0.5) is 4.79 Å². The predicted molar refractivity (Wildman–Crippen MR) is 49.5 cm³/mol. The average molecular weight is 232 g/mol. The number of halogens is 1. The summed E-state index contributed by atoms with van der Waals surface area (Å²) < 4.78 is 5.30. The zero-order chi connectivity index (χ0) is 8.97. The van der Waals surface area contributed by atoms with Gasteiger partial charge < -0.3 is 9.73 Å². The Labute approximate surface area is 79.3 Å². The first-order chi connectivity index (χ1) is 5.68. The molecule has 0 fully saturated rings. The zero-order valence-corrected chi connectivity index (χ0v) is 8.35. The van der Waals surface area contributed by atoms with Gasteiger partial charge in [0.25, 0.3) is 4.82 Å². The van der Waals surface area contributed by atoms with Crippen LogP contribution in [-0.2, 0) is 6.42 Å². The number of rotatable bonds is 3. The van der Waals surface area contributed by atoms with Gasteiger partial charge in [0, 0.05) is 28.9 Å². The zero-order valence-electron chi connectivity index (χ0n) is 6.76. The Bertz CT molecular complexity index is 270. The molecule has 0 aliphatic rings. The second-order valence-electron chi connectivity index (χ2n) is 2.46. The summed E-state index contributed by atoms with van der Waals surface area (Å²) >= 11 is 2.77. The standard InChI is InChI=1S/C8H10BrNO2/c1-6-2-3-7(12-6)4-5-10-8(9)11/h2-3H,4-5H2,1H3,(H,10,11). The number of hydrogen-bond acceptors (Lipinski definition) is 2. The molecule has 0 bridgehead atoms. The van der Waals surface area contributed by atoms with E-state index in [1.165, 1.54) is 0 Å². The summed E-state index contributed by atoms with van der Waals surface area (Å²) in [5, 5.41) is 2.62. The van der Waals surface area contributed by atoms with Crippen LogP contribution >= 0.6 is 15.9 Å². The van der Waals surface area contributed by atoms with Crippen molar-refractivity contribution in [3.63, 3.8) is 0 Å². The first-order valence-electron chi connectivity index (χ1n) is 3.67. The number of aryl methyl sites for hydroxylation is 1. The summed E-state index contributed by atoms with van der Waals surface area (Å²) in [6, 6.07) is 3.82. The highest BCUT2D eigenvalue weighted by Crippen LogP contribution is 2.05. The molecule has 0 radical (unpaired) electrons. The number of carbonyl (C=O) groups excluding carboxylic acids is 1. The van der Waals surface area contributed by atoms with Crippen molar-refractivity contribution < 1.29 is 9.21 Å². The third-order valence-electron chi connectivity index (χ3n) is 1.43. The summed E-state index contributed by atoms with van der Waals surface area (Å²) in [5.41, 5.74) is 0. The van der Waals surface area contributed by atoms with E-state index in [1.54, 1.807) is 0 Å². The number of carbonyl (C=O) groups is 1. The molecule has 0 spiro atoms. The Balaban J connectivity index is 2.29. The van der Waals surface area contributed by atoms with Crippen molar-refractivity contribution in [2.75, 3.05) is 6.54 Å². The van der Waals surface area contributed by atoms with Gasteiger partial charge in [0.05, 0.1) is 0 Å². The van der Waals surface area contributed by atoms with Gasteiger partial charge in [-0.05, 0) is 19.1 Å². The summed E-state index contributed by atoms with van der Waals surface area (Å²) in [6.45, 7) is 2.49. The van der Waals surface area contributed by atoms with Crippen LogP contribution in [-0.4, -0.2) is 11.4 Å². The van der Waals surface area contributed by atoms with Crippen molar-refractivity contribution in [2.24, 2.45) is 0 Å². The van der Waals surface area contributed by atoms with Crippen LogP contribution in [0.1, 0.15) is 11.5 Å². The molecule has 1 N–H and O–H groups in total. The molecule has 12 heavy (non-hydrogen) atoms. The molecule has 66 valence electrons. The van der Waals surface area contributed by atoms with Crippen molar-refractivity contribution in [1.29, 1.82) is 0 Å². The van der Waals surface area contributed by atoms with Crippen LogP contribution in [0, 0.1) is 6.92 Å². The Morgan fingerprint density at radius 1 is 1.67 bits per heavy atom. The fraction of sp³-hybridized carbons (Fsp3) is 0.375. The highest BCUT2D eigenvalue weighted by atomic mass is 79.9. The first kappa shape index (κ1) is 9.32. The lowest BCUT2D eigenvalue weighted by Gasteiger charge is -1.97. The van der Waals surface area contributed by atoms with Crippen LogP contribution in [0.15, 0.2) is 16.5 Å². The van der Waals surface area contributed by atoms with Crippen molar-refractivity contribution in [1.82, 2.24) is 5.32 Å². The Morgan fingerprint density at radius 3 is 2.92 bits per heavy atom. The molecular weight excluding hydrogens is 222 g/mol. The minimum absolute atomic E-state index is 0.189. The number of nitrogens with one attached hydrogen (secondary N) is 1. The van der Waals surface area contributed by atoms with Gasteiger partial charge in [0.2, 0.25) is 0 Å². The first-order valence-corrected chi connectivity index (χ1v) is 4.46. The van der Waals surface area contributed by atoms with Gasteiger partial charge in [-0.2, -0.15) is 0 Å². The number of amides is 1. The van der Waals surface area contributed by atoms with Gasteiger partial charge in [-0.15, -0.1) is 0 Å². The van der Waals surface area contributed by atoms with Crippen molar-refractivity contribution in [3.05, 3.63) is 23.7 Å². The Hall–Kier alpha value is -0.770. The molecule has 1 heterocycles. The molecule has 1 aromatic rings. The summed E-state index contributed by atoms with van der Waals surface area (Å²) in [5.74, 6) is 1.80. The van der Waals surface area contributed by atoms with Gasteiger partial charge in [-0.1, -0.05) is 0 Å². The third kappa shape index (κ3) is 3.09. The maximum atomic E-state index is 10.4. The lowest BCUT2D eigenvalue weighted by Crippen LogP contribution is -2.18. The molecule has 0 saturated carbocycles. The molecule has 0 aromatic carbocycles.